The third-order valence-electron chi connectivity index (χ3n) is 5.61. The van der Waals surface area contributed by atoms with E-state index in [0.29, 0.717) is 0 Å². The number of aryl methyl sites for hydroxylation is 1. The summed E-state index contributed by atoms with van der Waals surface area (Å²) in [5.41, 5.74) is 8.44. The number of nitrogens with zero attached hydrogens (tertiary/aromatic N) is 3. The first kappa shape index (κ1) is 22.2. The van der Waals surface area contributed by atoms with Crippen molar-refractivity contribution in [3.63, 3.8) is 0 Å². The van der Waals surface area contributed by atoms with Crippen molar-refractivity contribution in [2.45, 2.75) is 90.6 Å². The topological polar surface area (TPSA) is 81.2 Å². The molecule has 30 heavy (non-hydrogen) atoms. The van der Waals surface area contributed by atoms with Crippen LogP contribution < -0.4 is 10.5 Å². The molecule has 0 radical (unpaired) electrons. The number of aromatic nitrogens is 4. The van der Waals surface area contributed by atoms with Crippen molar-refractivity contribution >= 4 is 11.3 Å². The number of anilines is 1. The van der Waals surface area contributed by atoms with Gasteiger partial charge < -0.3 is 10.5 Å². The molecule has 3 N–H and O–H groups in total. The van der Waals surface area contributed by atoms with Crippen molar-refractivity contribution in [1.29, 1.82) is 0 Å². The number of hydrogen-bond acceptors (Lipinski definition) is 4. The van der Waals surface area contributed by atoms with Gasteiger partial charge in [0.05, 0.1) is 0 Å². The van der Waals surface area contributed by atoms with Gasteiger partial charge in [0.25, 0.3) is 0 Å². The van der Waals surface area contributed by atoms with E-state index in [0.717, 1.165) is 41.4 Å². The van der Waals surface area contributed by atoms with E-state index in [-0.39, 0.29) is 6.10 Å². The van der Waals surface area contributed by atoms with Crippen LogP contribution in [0, 0.1) is 6.92 Å². The fourth-order valence-electron chi connectivity index (χ4n) is 3.90. The number of ether oxygens (including phenoxy) is 1. The van der Waals surface area contributed by atoms with Gasteiger partial charge in [0.15, 0.2) is 17.6 Å². The van der Waals surface area contributed by atoms with Gasteiger partial charge in [-0.1, -0.05) is 64.7 Å². The summed E-state index contributed by atoms with van der Waals surface area (Å²) in [6.45, 7) is 4.29. The molecule has 1 unspecified atom stereocenters. The Hall–Kier alpha value is -2.50. The van der Waals surface area contributed by atoms with Gasteiger partial charge in [0.2, 0.25) is 0 Å². The molecule has 0 saturated carbocycles. The van der Waals surface area contributed by atoms with Crippen LogP contribution in [0.25, 0.3) is 5.65 Å². The predicted octanol–water partition coefficient (Wildman–Crippen LogP) is 6.38. The summed E-state index contributed by atoms with van der Waals surface area (Å²) in [4.78, 5) is 0. The molecule has 0 bridgehead atoms. The van der Waals surface area contributed by atoms with Crippen LogP contribution >= 0.6 is 0 Å². The van der Waals surface area contributed by atoms with Gasteiger partial charge in [-0.05, 0) is 44.0 Å². The molecule has 164 valence electrons. The number of fused-ring (bicyclic) bond motifs is 1. The standard InChI is InChI=1S/C24H37N5O/c1-3-4-5-6-7-8-9-10-11-12-13-22(30-21-16-14-20(25)15-17-21)24-27-26-23-18-19(2)28-29(23)24/h14-18,22,28H,3-13,25H2,1-2H3. The fraction of sp³-hybridized carbons (Fsp3) is 0.583. The van der Waals surface area contributed by atoms with E-state index in [2.05, 4.69) is 22.2 Å². The van der Waals surface area contributed by atoms with Gasteiger partial charge >= 0.3 is 0 Å². The first-order chi connectivity index (χ1) is 14.7. The third kappa shape index (κ3) is 6.51. The second-order valence-corrected chi connectivity index (χ2v) is 8.34. The highest BCUT2D eigenvalue weighted by Crippen LogP contribution is 2.27. The zero-order valence-electron chi connectivity index (χ0n) is 18.6. The summed E-state index contributed by atoms with van der Waals surface area (Å²) in [6.07, 6.45) is 14.0. The van der Waals surface area contributed by atoms with Gasteiger partial charge in [-0.2, -0.15) is 0 Å². The van der Waals surface area contributed by atoms with E-state index in [4.69, 9.17) is 10.5 Å². The molecule has 0 aliphatic carbocycles. The summed E-state index contributed by atoms with van der Waals surface area (Å²) in [5.74, 6) is 1.63. The Kier molecular flexibility index (Phi) is 8.60. The smallest absolute Gasteiger partial charge is 0.193 e. The van der Waals surface area contributed by atoms with Gasteiger partial charge in [-0.3, -0.25) is 5.10 Å². The van der Waals surface area contributed by atoms with Crippen LogP contribution in [0.4, 0.5) is 5.69 Å². The Morgan fingerprint density at radius 3 is 2.23 bits per heavy atom. The van der Waals surface area contributed by atoms with E-state index in [9.17, 15) is 0 Å². The molecular weight excluding hydrogens is 374 g/mol. The molecule has 6 heteroatoms. The highest BCUT2D eigenvalue weighted by molar-refractivity contribution is 5.42. The van der Waals surface area contributed by atoms with Crippen molar-refractivity contribution in [3.05, 3.63) is 41.9 Å². The Labute approximate surface area is 180 Å². The zero-order chi connectivity index (χ0) is 21.2. The molecule has 3 rings (SSSR count). The lowest BCUT2D eigenvalue weighted by molar-refractivity contribution is 0.178. The molecule has 0 saturated heterocycles. The van der Waals surface area contributed by atoms with Crippen LogP contribution in [0.1, 0.15) is 95.2 Å². The number of aromatic amines is 1. The summed E-state index contributed by atoms with van der Waals surface area (Å²) in [7, 11) is 0. The minimum Gasteiger partial charge on any atom is -0.482 e. The van der Waals surface area contributed by atoms with E-state index in [1.807, 2.05) is 41.8 Å². The van der Waals surface area contributed by atoms with Crippen LogP contribution in [0.15, 0.2) is 30.3 Å². The third-order valence-corrected chi connectivity index (χ3v) is 5.61. The maximum absolute atomic E-state index is 6.31. The number of benzene rings is 1. The Balaban J connectivity index is 1.51. The quantitative estimate of drug-likeness (QED) is 0.238. The van der Waals surface area contributed by atoms with Crippen LogP contribution in [-0.2, 0) is 0 Å². The highest BCUT2D eigenvalue weighted by Gasteiger charge is 2.21. The fourth-order valence-corrected chi connectivity index (χ4v) is 3.90. The Morgan fingerprint density at radius 1 is 0.933 bits per heavy atom. The first-order valence-electron chi connectivity index (χ1n) is 11.6. The van der Waals surface area contributed by atoms with Crippen molar-refractivity contribution in [2.75, 3.05) is 5.73 Å². The number of rotatable bonds is 14. The van der Waals surface area contributed by atoms with Crippen LogP contribution in [0.3, 0.4) is 0 Å². The number of nitrogens with one attached hydrogen (secondary N) is 1. The Morgan fingerprint density at radius 2 is 1.57 bits per heavy atom. The number of unbranched alkanes of at least 4 members (excludes halogenated alkanes) is 9. The highest BCUT2D eigenvalue weighted by atomic mass is 16.5. The molecule has 1 atom stereocenters. The van der Waals surface area contributed by atoms with Crippen molar-refractivity contribution in [2.24, 2.45) is 0 Å². The molecule has 0 amide bonds. The molecule has 2 aromatic heterocycles. The van der Waals surface area contributed by atoms with Crippen molar-refractivity contribution in [3.8, 4) is 5.75 Å². The lowest BCUT2D eigenvalue weighted by atomic mass is 10.0. The molecule has 0 aliphatic heterocycles. The van der Waals surface area contributed by atoms with Crippen LogP contribution in [0.2, 0.25) is 0 Å². The van der Waals surface area contributed by atoms with Crippen LogP contribution in [0.5, 0.6) is 5.75 Å². The van der Waals surface area contributed by atoms with E-state index in [1.54, 1.807) is 0 Å². The van der Waals surface area contributed by atoms with E-state index < -0.39 is 0 Å². The number of H-pyrrole nitrogens is 1. The lowest BCUT2D eigenvalue weighted by Crippen LogP contribution is -2.12. The maximum atomic E-state index is 6.31. The first-order valence-corrected chi connectivity index (χ1v) is 11.6. The van der Waals surface area contributed by atoms with Gasteiger partial charge in [0.1, 0.15) is 5.75 Å². The molecular formula is C24H37N5O. The second kappa shape index (κ2) is 11.6. The minimum atomic E-state index is -0.143. The normalized spacial score (nSPS) is 12.5. The van der Waals surface area contributed by atoms with Crippen LogP contribution in [-0.4, -0.2) is 19.8 Å². The largest absolute Gasteiger partial charge is 0.482 e. The summed E-state index contributed by atoms with van der Waals surface area (Å²) in [6, 6.07) is 9.56. The average molecular weight is 412 g/mol. The zero-order valence-corrected chi connectivity index (χ0v) is 18.6. The SMILES string of the molecule is CCCCCCCCCCCCC(Oc1ccc(N)cc1)c1nnc2cc(C)[nH]n12. The second-order valence-electron chi connectivity index (χ2n) is 8.34. The van der Waals surface area contributed by atoms with E-state index in [1.165, 1.54) is 57.8 Å². The molecule has 6 nitrogen and oxygen atoms in total. The molecule has 3 aromatic rings. The van der Waals surface area contributed by atoms with Gasteiger partial charge in [-0.25, -0.2) is 4.52 Å². The summed E-state index contributed by atoms with van der Waals surface area (Å²) >= 11 is 0. The molecule has 0 spiro atoms. The Bertz CT molecular complexity index is 867. The number of nitrogens with two attached hydrogens (primary N) is 1. The monoisotopic (exact) mass is 411 g/mol. The molecule has 0 fully saturated rings. The maximum Gasteiger partial charge on any atom is 0.193 e. The van der Waals surface area contributed by atoms with Gasteiger partial charge in [-0.15, -0.1) is 10.2 Å². The molecule has 1 aromatic carbocycles. The van der Waals surface area contributed by atoms with E-state index >= 15 is 0 Å². The summed E-state index contributed by atoms with van der Waals surface area (Å²) in [5, 5.41) is 12.0. The summed E-state index contributed by atoms with van der Waals surface area (Å²) < 4.78 is 8.25. The van der Waals surface area contributed by atoms with Crippen molar-refractivity contribution < 1.29 is 4.74 Å². The molecule has 2 heterocycles. The number of hydrogen-bond donors (Lipinski definition) is 2. The van der Waals surface area contributed by atoms with Gasteiger partial charge in [0, 0.05) is 17.4 Å². The molecule has 0 aliphatic rings. The van der Waals surface area contributed by atoms with Crippen molar-refractivity contribution in [1.82, 2.24) is 19.8 Å². The predicted molar refractivity (Wildman–Crippen MR) is 123 cm³/mol. The number of nitrogen functional groups attached to an aromatic ring is 1. The minimum absolute atomic E-state index is 0.143. The lowest BCUT2D eigenvalue weighted by Gasteiger charge is -2.17. The average Bonchev–Trinajstić information content (AvgIpc) is 3.29.